The molecule has 1 aromatic heterocycles. The lowest BCUT2D eigenvalue weighted by atomic mass is 9.85. The zero-order chi connectivity index (χ0) is 15.8. The zero-order valence-electron chi connectivity index (χ0n) is 13.0. The molecule has 5 nitrogen and oxygen atoms in total. The summed E-state index contributed by atoms with van der Waals surface area (Å²) in [6.07, 6.45) is 2.84. The van der Waals surface area contributed by atoms with Crippen molar-refractivity contribution in [3.63, 3.8) is 0 Å². The number of hydrazine groups is 1. The lowest BCUT2D eigenvalue weighted by molar-refractivity contribution is 0.354. The van der Waals surface area contributed by atoms with Crippen LogP contribution < -0.4 is 15.8 Å². The summed E-state index contributed by atoms with van der Waals surface area (Å²) in [6.45, 7) is 3.76. The molecule has 2 aliphatic heterocycles. The molecule has 0 saturated carbocycles. The number of piperidine rings is 1. The van der Waals surface area contributed by atoms with Gasteiger partial charge in [-0.05, 0) is 37.1 Å². The van der Waals surface area contributed by atoms with Crippen molar-refractivity contribution >= 4 is 5.82 Å². The summed E-state index contributed by atoms with van der Waals surface area (Å²) in [4.78, 5) is 11.0. The van der Waals surface area contributed by atoms with Gasteiger partial charge < -0.3 is 4.90 Å². The first-order valence-corrected chi connectivity index (χ1v) is 8.02. The lowest BCUT2D eigenvalue weighted by Crippen LogP contribution is -2.46. The van der Waals surface area contributed by atoms with E-state index in [1.54, 1.807) is 18.3 Å². The van der Waals surface area contributed by atoms with Gasteiger partial charge in [0.05, 0.1) is 6.04 Å². The van der Waals surface area contributed by atoms with Crippen molar-refractivity contribution in [3.05, 3.63) is 53.7 Å². The van der Waals surface area contributed by atoms with Gasteiger partial charge >= 0.3 is 0 Å². The van der Waals surface area contributed by atoms with Crippen LogP contribution in [0.15, 0.2) is 36.5 Å². The summed E-state index contributed by atoms with van der Waals surface area (Å²) in [6, 6.07) is 9.34. The largest absolute Gasteiger partial charge is 0.356 e. The van der Waals surface area contributed by atoms with E-state index in [1.807, 2.05) is 19.1 Å². The number of hydrogen-bond acceptors (Lipinski definition) is 5. The van der Waals surface area contributed by atoms with Gasteiger partial charge in [-0.2, -0.15) is 0 Å². The highest BCUT2D eigenvalue weighted by Crippen LogP contribution is 2.35. The summed E-state index contributed by atoms with van der Waals surface area (Å²) < 4.78 is 13.6. The molecule has 0 spiro atoms. The van der Waals surface area contributed by atoms with Gasteiger partial charge in [0.1, 0.15) is 17.5 Å². The highest BCUT2D eigenvalue weighted by atomic mass is 19.1. The third-order valence-electron chi connectivity index (χ3n) is 4.80. The van der Waals surface area contributed by atoms with E-state index in [0.717, 1.165) is 36.7 Å². The van der Waals surface area contributed by atoms with Crippen LogP contribution in [0.1, 0.15) is 23.9 Å². The fourth-order valence-corrected chi connectivity index (χ4v) is 3.66. The van der Waals surface area contributed by atoms with Crippen molar-refractivity contribution in [1.82, 2.24) is 20.8 Å². The lowest BCUT2D eigenvalue weighted by Gasteiger charge is -2.36. The van der Waals surface area contributed by atoms with Crippen LogP contribution in [0.4, 0.5) is 10.2 Å². The molecule has 6 heteroatoms. The minimum atomic E-state index is -0.188. The molecule has 120 valence electrons. The second kappa shape index (κ2) is 5.86. The molecule has 3 atom stereocenters. The first-order chi connectivity index (χ1) is 11.2. The molecule has 3 unspecified atom stereocenters. The van der Waals surface area contributed by atoms with Crippen LogP contribution >= 0.6 is 0 Å². The topological polar surface area (TPSA) is 53.1 Å². The number of halogens is 1. The fourth-order valence-electron chi connectivity index (χ4n) is 3.66. The Hall–Kier alpha value is -2.05. The third-order valence-corrected chi connectivity index (χ3v) is 4.80. The number of nitrogens with zero attached hydrogens (tertiary/aromatic N) is 3. The Morgan fingerprint density at radius 1 is 1.26 bits per heavy atom. The number of benzene rings is 1. The average Bonchev–Trinajstić information content (AvgIpc) is 2.98. The summed E-state index contributed by atoms with van der Waals surface area (Å²) in [5, 5.41) is 0. The first-order valence-electron chi connectivity index (χ1n) is 8.02. The molecule has 0 bridgehead atoms. The minimum Gasteiger partial charge on any atom is -0.356 e. The number of fused-ring (bicyclic) bond motifs is 1. The summed E-state index contributed by atoms with van der Waals surface area (Å²) in [5.41, 5.74) is 7.72. The standard InChI is InChI=1S/C17H20FN5/c1-11-19-7-5-16(20-11)23-8-6-15-14(10-23)17(22-21-15)12-3-2-4-13(18)9-12/h2-5,7,9,14-15,17,21-22H,6,8,10H2,1H3. The maximum atomic E-state index is 13.6. The molecule has 4 rings (SSSR count). The van der Waals surface area contributed by atoms with Crippen molar-refractivity contribution in [2.24, 2.45) is 5.92 Å². The molecule has 1 aromatic carbocycles. The number of aromatic nitrogens is 2. The Morgan fingerprint density at radius 2 is 2.17 bits per heavy atom. The number of aryl methyl sites for hydroxylation is 1. The normalized spacial score (nSPS) is 27.0. The van der Waals surface area contributed by atoms with Crippen LogP contribution in [0.25, 0.3) is 0 Å². The average molecular weight is 313 g/mol. The Balaban J connectivity index is 1.57. The molecule has 0 aliphatic carbocycles. The van der Waals surface area contributed by atoms with Crippen molar-refractivity contribution < 1.29 is 4.39 Å². The van der Waals surface area contributed by atoms with Crippen LogP contribution in [-0.2, 0) is 0 Å². The van der Waals surface area contributed by atoms with Crippen LogP contribution in [0, 0.1) is 18.7 Å². The van der Waals surface area contributed by atoms with Gasteiger partial charge in [-0.3, -0.25) is 5.43 Å². The van der Waals surface area contributed by atoms with Crippen molar-refractivity contribution in [3.8, 4) is 0 Å². The highest BCUT2D eigenvalue weighted by Gasteiger charge is 2.40. The molecule has 0 radical (unpaired) electrons. The molecule has 23 heavy (non-hydrogen) atoms. The van der Waals surface area contributed by atoms with Crippen LogP contribution in [0.3, 0.4) is 0 Å². The second-order valence-corrected chi connectivity index (χ2v) is 6.29. The smallest absolute Gasteiger partial charge is 0.132 e. The minimum absolute atomic E-state index is 0.112. The van der Waals surface area contributed by atoms with E-state index in [4.69, 9.17) is 0 Å². The molecule has 2 N–H and O–H groups in total. The second-order valence-electron chi connectivity index (χ2n) is 6.29. The van der Waals surface area contributed by atoms with E-state index < -0.39 is 0 Å². The predicted molar refractivity (Wildman–Crippen MR) is 86.3 cm³/mol. The summed E-state index contributed by atoms with van der Waals surface area (Å²) >= 11 is 0. The molecular weight excluding hydrogens is 293 g/mol. The first kappa shape index (κ1) is 14.5. The maximum Gasteiger partial charge on any atom is 0.132 e. The molecule has 0 amide bonds. The SMILES string of the molecule is Cc1nccc(N2CCC3NNC(c4cccc(F)c4)C3C2)n1. The molecule has 3 heterocycles. The van der Waals surface area contributed by atoms with Gasteiger partial charge in [0.15, 0.2) is 0 Å². The Kier molecular flexibility index (Phi) is 3.71. The van der Waals surface area contributed by atoms with Gasteiger partial charge in [-0.25, -0.2) is 19.8 Å². The Labute approximate surface area is 134 Å². The molecule has 2 saturated heterocycles. The summed E-state index contributed by atoms with van der Waals surface area (Å²) in [7, 11) is 0. The van der Waals surface area contributed by atoms with Crippen molar-refractivity contribution in [2.45, 2.75) is 25.4 Å². The molecular formula is C17H20FN5. The monoisotopic (exact) mass is 313 g/mol. The van der Waals surface area contributed by atoms with E-state index in [0.29, 0.717) is 12.0 Å². The van der Waals surface area contributed by atoms with Gasteiger partial charge in [-0.1, -0.05) is 12.1 Å². The van der Waals surface area contributed by atoms with Gasteiger partial charge in [0.25, 0.3) is 0 Å². The molecule has 2 aromatic rings. The van der Waals surface area contributed by atoms with Crippen LogP contribution in [0.2, 0.25) is 0 Å². The van der Waals surface area contributed by atoms with E-state index >= 15 is 0 Å². The van der Waals surface area contributed by atoms with E-state index in [-0.39, 0.29) is 11.9 Å². The number of nitrogens with one attached hydrogen (secondary N) is 2. The zero-order valence-corrected chi connectivity index (χ0v) is 13.0. The molecule has 2 aliphatic rings. The van der Waals surface area contributed by atoms with Crippen molar-refractivity contribution in [1.29, 1.82) is 0 Å². The Morgan fingerprint density at radius 3 is 3.00 bits per heavy atom. The van der Waals surface area contributed by atoms with E-state index in [9.17, 15) is 4.39 Å². The van der Waals surface area contributed by atoms with Crippen LogP contribution in [-0.4, -0.2) is 29.1 Å². The van der Waals surface area contributed by atoms with Gasteiger partial charge in [-0.15, -0.1) is 0 Å². The fraction of sp³-hybridized carbons (Fsp3) is 0.412. The summed E-state index contributed by atoms with van der Waals surface area (Å²) in [5.74, 6) is 1.95. The number of hydrogen-bond donors (Lipinski definition) is 2. The van der Waals surface area contributed by atoms with E-state index in [1.165, 1.54) is 6.07 Å². The number of rotatable bonds is 2. The van der Waals surface area contributed by atoms with Crippen LogP contribution in [0.5, 0.6) is 0 Å². The third kappa shape index (κ3) is 2.80. The van der Waals surface area contributed by atoms with Crippen molar-refractivity contribution in [2.75, 3.05) is 18.0 Å². The Bertz CT molecular complexity index is 707. The maximum absolute atomic E-state index is 13.6. The van der Waals surface area contributed by atoms with Gasteiger partial charge in [0, 0.05) is 31.2 Å². The van der Waals surface area contributed by atoms with Gasteiger partial charge in [0.2, 0.25) is 0 Å². The number of anilines is 1. The molecule has 2 fully saturated rings. The highest BCUT2D eigenvalue weighted by molar-refractivity contribution is 5.39. The predicted octanol–water partition coefficient (Wildman–Crippen LogP) is 1.97. The van der Waals surface area contributed by atoms with E-state index in [2.05, 4.69) is 25.7 Å². The quantitative estimate of drug-likeness (QED) is 0.888.